The molecule has 0 bridgehead atoms. The van der Waals surface area contributed by atoms with Crippen molar-refractivity contribution in [2.45, 2.75) is 0 Å². The number of carbonyl (C=O) groups excluding carboxylic acids is 1. The van der Waals surface area contributed by atoms with Crippen LogP contribution < -0.4 is 11.2 Å². The maximum absolute atomic E-state index is 11.3. The smallest absolute Gasteiger partial charge is 0.267 e. The number of benzene rings is 1. The van der Waals surface area contributed by atoms with E-state index in [1.165, 1.54) is 7.05 Å². The topological polar surface area (TPSA) is 58.4 Å². The van der Waals surface area contributed by atoms with Gasteiger partial charge in [0.25, 0.3) is 5.91 Å². The third-order valence-corrected chi connectivity index (χ3v) is 1.74. The van der Waals surface area contributed by atoms with Gasteiger partial charge in [0, 0.05) is 25.3 Å². The SMILES string of the molecule is CNc1ccc(C(=O)N(C)N)cc1. The first-order chi connectivity index (χ1) is 6.15. The summed E-state index contributed by atoms with van der Waals surface area (Å²) in [6.07, 6.45) is 0. The molecular weight excluding hydrogens is 166 g/mol. The summed E-state index contributed by atoms with van der Waals surface area (Å²) in [5.41, 5.74) is 1.56. The normalized spacial score (nSPS) is 9.46. The largest absolute Gasteiger partial charge is 0.388 e. The molecule has 4 nitrogen and oxygen atoms in total. The van der Waals surface area contributed by atoms with Gasteiger partial charge in [0.05, 0.1) is 0 Å². The van der Waals surface area contributed by atoms with Crippen LogP contribution in [0.4, 0.5) is 5.69 Å². The number of amides is 1. The highest BCUT2D eigenvalue weighted by molar-refractivity contribution is 5.93. The van der Waals surface area contributed by atoms with Gasteiger partial charge in [0.1, 0.15) is 0 Å². The summed E-state index contributed by atoms with van der Waals surface area (Å²) in [6.45, 7) is 0. The molecule has 1 rings (SSSR count). The molecule has 0 aliphatic rings. The standard InChI is InChI=1S/C9H13N3O/c1-11-8-5-3-7(4-6-8)9(13)12(2)10/h3-6,11H,10H2,1-2H3. The van der Waals surface area contributed by atoms with Crippen LogP contribution in [-0.4, -0.2) is 25.0 Å². The second-order valence-corrected chi connectivity index (χ2v) is 2.74. The van der Waals surface area contributed by atoms with Gasteiger partial charge in [-0.3, -0.25) is 9.80 Å². The van der Waals surface area contributed by atoms with Crippen LogP contribution in [0.25, 0.3) is 0 Å². The Bertz CT molecular complexity index is 292. The number of nitrogens with two attached hydrogens (primary N) is 1. The zero-order chi connectivity index (χ0) is 9.84. The van der Waals surface area contributed by atoms with Crippen molar-refractivity contribution < 1.29 is 4.79 Å². The average molecular weight is 179 g/mol. The molecule has 1 amide bonds. The lowest BCUT2D eigenvalue weighted by molar-refractivity contribution is 0.0795. The summed E-state index contributed by atoms with van der Waals surface area (Å²) < 4.78 is 0. The average Bonchev–Trinajstić information content (AvgIpc) is 2.17. The van der Waals surface area contributed by atoms with Gasteiger partial charge in [-0.05, 0) is 24.3 Å². The first-order valence-corrected chi connectivity index (χ1v) is 3.95. The van der Waals surface area contributed by atoms with Crippen LogP contribution in [-0.2, 0) is 0 Å². The molecule has 0 atom stereocenters. The maximum atomic E-state index is 11.3. The molecule has 70 valence electrons. The highest BCUT2D eigenvalue weighted by Crippen LogP contribution is 2.09. The summed E-state index contributed by atoms with van der Waals surface area (Å²) >= 11 is 0. The first-order valence-electron chi connectivity index (χ1n) is 3.95. The molecule has 13 heavy (non-hydrogen) atoms. The Balaban J connectivity index is 2.86. The van der Waals surface area contributed by atoms with Crippen molar-refractivity contribution in [3.63, 3.8) is 0 Å². The van der Waals surface area contributed by atoms with Crippen molar-refractivity contribution in [3.05, 3.63) is 29.8 Å². The van der Waals surface area contributed by atoms with Gasteiger partial charge >= 0.3 is 0 Å². The monoisotopic (exact) mass is 179 g/mol. The maximum Gasteiger partial charge on any atom is 0.267 e. The van der Waals surface area contributed by atoms with Gasteiger partial charge in [-0.15, -0.1) is 0 Å². The quantitative estimate of drug-likeness (QED) is 0.398. The van der Waals surface area contributed by atoms with Crippen LogP contribution >= 0.6 is 0 Å². The summed E-state index contributed by atoms with van der Waals surface area (Å²) in [5.74, 6) is 5.11. The van der Waals surface area contributed by atoms with Crippen molar-refractivity contribution in [1.29, 1.82) is 0 Å². The van der Waals surface area contributed by atoms with Gasteiger partial charge in [-0.25, -0.2) is 5.84 Å². The van der Waals surface area contributed by atoms with E-state index in [0.717, 1.165) is 10.7 Å². The Kier molecular flexibility index (Phi) is 2.87. The van der Waals surface area contributed by atoms with E-state index in [0.29, 0.717) is 5.56 Å². The zero-order valence-corrected chi connectivity index (χ0v) is 7.74. The van der Waals surface area contributed by atoms with Gasteiger partial charge in [0.15, 0.2) is 0 Å². The minimum atomic E-state index is -0.192. The van der Waals surface area contributed by atoms with Crippen LogP contribution in [0.3, 0.4) is 0 Å². The molecule has 0 aromatic heterocycles. The zero-order valence-electron chi connectivity index (χ0n) is 7.74. The fraction of sp³-hybridized carbons (Fsp3) is 0.222. The van der Waals surface area contributed by atoms with Crippen LogP contribution in [0.1, 0.15) is 10.4 Å². The number of hydrazine groups is 1. The molecule has 3 N–H and O–H groups in total. The van der Waals surface area contributed by atoms with E-state index in [2.05, 4.69) is 5.32 Å². The Morgan fingerprint density at radius 1 is 1.38 bits per heavy atom. The van der Waals surface area contributed by atoms with E-state index in [4.69, 9.17) is 5.84 Å². The second-order valence-electron chi connectivity index (χ2n) is 2.74. The summed E-state index contributed by atoms with van der Waals surface area (Å²) in [7, 11) is 3.35. The Hall–Kier alpha value is -1.55. The summed E-state index contributed by atoms with van der Waals surface area (Å²) in [5, 5.41) is 4.03. The predicted molar refractivity (Wildman–Crippen MR) is 52.3 cm³/mol. The van der Waals surface area contributed by atoms with Gasteiger partial charge in [-0.1, -0.05) is 0 Å². The van der Waals surface area contributed by atoms with E-state index in [9.17, 15) is 4.79 Å². The third kappa shape index (κ3) is 2.19. The molecule has 4 heteroatoms. The molecule has 0 heterocycles. The Labute approximate surface area is 77.3 Å². The van der Waals surface area contributed by atoms with Crippen LogP contribution in [0.5, 0.6) is 0 Å². The van der Waals surface area contributed by atoms with Crippen molar-refractivity contribution in [3.8, 4) is 0 Å². The first kappa shape index (κ1) is 9.54. The fourth-order valence-corrected chi connectivity index (χ4v) is 0.983. The number of carbonyl (C=O) groups is 1. The molecule has 0 unspecified atom stereocenters. The van der Waals surface area contributed by atoms with Crippen LogP contribution in [0, 0.1) is 0 Å². The number of nitrogens with zero attached hydrogens (tertiary/aromatic N) is 1. The predicted octanol–water partition coefficient (Wildman–Crippen LogP) is 0.674. The highest BCUT2D eigenvalue weighted by atomic mass is 16.2. The highest BCUT2D eigenvalue weighted by Gasteiger charge is 2.06. The molecule has 0 saturated heterocycles. The molecule has 0 aliphatic carbocycles. The lowest BCUT2D eigenvalue weighted by Crippen LogP contribution is -2.32. The number of anilines is 1. The number of hydrogen-bond donors (Lipinski definition) is 2. The molecule has 0 fully saturated rings. The van der Waals surface area contributed by atoms with E-state index in [1.807, 2.05) is 19.2 Å². The van der Waals surface area contributed by atoms with Crippen molar-refractivity contribution in [2.75, 3.05) is 19.4 Å². The summed E-state index contributed by atoms with van der Waals surface area (Å²) in [4.78, 5) is 11.3. The van der Waals surface area contributed by atoms with Crippen molar-refractivity contribution in [1.82, 2.24) is 5.01 Å². The molecule has 1 aromatic carbocycles. The van der Waals surface area contributed by atoms with Gasteiger partial charge in [-0.2, -0.15) is 0 Å². The minimum absolute atomic E-state index is 0.192. The van der Waals surface area contributed by atoms with Gasteiger partial charge in [0.2, 0.25) is 0 Å². The molecule has 0 spiro atoms. The number of nitrogens with one attached hydrogen (secondary N) is 1. The second kappa shape index (κ2) is 3.91. The number of hydrogen-bond acceptors (Lipinski definition) is 3. The molecular formula is C9H13N3O. The van der Waals surface area contributed by atoms with Crippen molar-refractivity contribution >= 4 is 11.6 Å². The molecule has 1 aromatic rings. The molecule has 0 aliphatic heterocycles. The Morgan fingerprint density at radius 2 is 1.92 bits per heavy atom. The summed E-state index contributed by atoms with van der Waals surface area (Å²) in [6, 6.07) is 7.13. The lowest BCUT2D eigenvalue weighted by atomic mass is 10.2. The third-order valence-electron chi connectivity index (χ3n) is 1.74. The van der Waals surface area contributed by atoms with Crippen molar-refractivity contribution in [2.24, 2.45) is 5.84 Å². The van der Waals surface area contributed by atoms with Crippen LogP contribution in [0.2, 0.25) is 0 Å². The van der Waals surface area contributed by atoms with E-state index >= 15 is 0 Å². The molecule has 0 radical (unpaired) electrons. The fourth-order valence-electron chi connectivity index (χ4n) is 0.983. The number of rotatable bonds is 2. The lowest BCUT2D eigenvalue weighted by Gasteiger charge is -2.09. The van der Waals surface area contributed by atoms with Gasteiger partial charge < -0.3 is 5.32 Å². The van der Waals surface area contributed by atoms with Crippen LogP contribution in [0.15, 0.2) is 24.3 Å². The molecule has 0 saturated carbocycles. The Morgan fingerprint density at radius 3 is 2.31 bits per heavy atom. The van der Waals surface area contributed by atoms with E-state index in [-0.39, 0.29) is 5.91 Å². The van der Waals surface area contributed by atoms with E-state index in [1.54, 1.807) is 12.1 Å². The minimum Gasteiger partial charge on any atom is -0.388 e. The van der Waals surface area contributed by atoms with E-state index < -0.39 is 0 Å².